The monoisotopic (exact) mass is 1840 g/mol. The molecule has 0 unspecified atom stereocenters. The Balaban J connectivity index is 1.06. The first-order valence-corrected chi connectivity index (χ1v) is 42.5. The van der Waals surface area contributed by atoms with Gasteiger partial charge in [0.05, 0.1) is 70.9 Å². The molecule has 0 fully saturated rings. The first kappa shape index (κ1) is 96.9. The molecule has 0 saturated heterocycles. The predicted molar refractivity (Wildman–Crippen MR) is 494 cm³/mol. The van der Waals surface area contributed by atoms with Crippen molar-refractivity contribution in [2.45, 2.75) is 52.1 Å². The SMILES string of the molecule is COCCOc1c2cc(C(=O)Nc3cc(C(=O)O)cc(C(=O)OCc4ccccc4)c3)cc1Cc1cc(C(=O)Nc3cc(C(=O)O)cc(C(=O)OCc4ccccc4)c3)cc(c1OCCOC)Cc1cc(C(=O)Nc3cc(C(=O)O)cc(C(=O)OCc4ccccc4)c3)cc(c1OCCOC)Cc1cc(C(=O)Nc3cc(C(=O)O)cc(C(=O)OCc4ccccc4)c3)cc(c1OCCOC)C2. The number of carboxylic acid groups (broad SMARTS) is 4. The van der Waals surface area contributed by atoms with Gasteiger partial charge in [-0.25, -0.2) is 38.4 Å². The molecule has 4 amide bonds. The van der Waals surface area contributed by atoms with Crippen LogP contribution >= 0.6 is 0 Å². The maximum Gasteiger partial charge on any atom is 0.338 e. The molecule has 32 nitrogen and oxygen atoms in total. The highest BCUT2D eigenvalue weighted by Crippen LogP contribution is 2.43. The lowest BCUT2D eigenvalue weighted by Crippen LogP contribution is -2.19. The average Bonchev–Trinajstić information content (AvgIpc) is 0.747. The number of carbonyl (C=O) groups is 12. The fourth-order valence-electron chi connectivity index (χ4n) is 14.9. The van der Waals surface area contributed by atoms with Gasteiger partial charge in [0.1, 0.15) is 75.9 Å². The van der Waals surface area contributed by atoms with Crippen molar-refractivity contribution in [2.24, 2.45) is 0 Å². The van der Waals surface area contributed by atoms with E-state index in [9.17, 15) is 58.8 Å². The molecule has 0 aromatic heterocycles. The molecule has 0 atom stereocenters. The van der Waals surface area contributed by atoms with Gasteiger partial charge in [-0.1, -0.05) is 121 Å². The summed E-state index contributed by atoms with van der Waals surface area (Å²) < 4.78 is 72.5. The Morgan fingerprint density at radius 1 is 0.228 bits per heavy atom. The zero-order valence-electron chi connectivity index (χ0n) is 74.0. The van der Waals surface area contributed by atoms with Crippen LogP contribution in [0.4, 0.5) is 22.7 Å². The smallest absolute Gasteiger partial charge is 0.338 e. The number of fused-ring (bicyclic) bond motifs is 8. The molecule has 13 rings (SSSR count). The van der Waals surface area contributed by atoms with E-state index < -0.39 is 119 Å². The van der Waals surface area contributed by atoms with Crippen LogP contribution in [-0.2, 0) is 90.0 Å². The van der Waals surface area contributed by atoms with Crippen molar-refractivity contribution < 1.29 is 135 Å². The third kappa shape index (κ3) is 26.0. The van der Waals surface area contributed by atoms with Crippen LogP contribution in [0.25, 0.3) is 0 Å². The summed E-state index contributed by atoms with van der Waals surface area (Å²) in [6, 6.07) is 60.0. The van der Waals surface area contributed by atoms with E-state index in [4.69, 9.17) is 56.8 Å². The van der Waals surface area contributed by atoms with Gasteiger partial charge in [-0.2, -0.15) is 0 Å². The summed E-state index contributed by atoms with van der Waals surface area (Å²) in [6.45, 7) is -1.91. The van der Waals surface area contributed by atoms with Crippen molar-refractivity contribution in [1.29, 1.82) is 0 Å². The van der Waals surface area contributed by atoms with E-state index in [1.165, 1.54) is 101 Å². The van der Waals surface area contributed by atoms with Gasteiger partial charge in [0.2, 0.25) is 0 Å². The van der Waals surface area contributed by atoms with Crippen molar-refractivity contribution in [3.8, 4) is 23.0 Å². The van der Waals surface area contributed by atoms with Gasteiger partial charge < -0.3 is 98.5 Å². The number of amides is 4. The maximum absolute atomic E-state index is 15.8. The Kier molecular flexibility index (Phi) is 33.1. The number of nitrogens with one attached hydrogen (secondary N) is 4. The lowest BCUT2D eigenvalue weighted by molar-refractivity contribution is 0.0463. The molecular weight excluding hydrogens is 1750 g/mol. The average molecular weight is 1850 g/mol. The summed E-state index contributed by atoms with van der Waals surface area (Å²) >= 11 is 0. The Morgan fingerprint density at radius 2 is 0.404 bits per heavy atom. The van der Waals surface area contributed by atoms with Gasteiger partial charge in [0.25, 0.3) is 23.6 Å². The zero-order valence-corrected chi connectivity index (χ0v) is 74.0. The molecule has 1 aliphatic carbocycles. The Morgan fingerprint density at radius 3 is 0.574 bits per heavy atom. The van der Waals surface area contributed by atoms with Crippen molar-refractivity contribution in [3.63, 3.8) is 0 Å². The number of rotatable bonds is 40. The quantitative estimate of drug-likeness (QED) is 0.0100. The summed E-state index contributed by atoms with van der Waals surface area (Å²) in [5, 5.41) is 53.4. The molecule has 8 N–H and O–H groups in total. The summed E-state index contributed by atoms with van der Waals surface area (Å²) in [7, 11) is 5.70. The summed E-state index contributed by atoms with van der Waals surface area (Å²) in [5.74, 6) is -13.2. The lowest BCUT2D eigenvalue weighted by Gasteiger charge is -2.25. The number of benzene rings is 12. The van der Waals surface area contributed by atoms with Gasteiger partial charge in [-0.05, 0) is 188 Å². The van der Waals surface area contributed by atoms with Crippen LogP contribution in [0.15, 0.2) is 243 Å². The van der Waals surface area contributed by atoms with Crippen LogP contribution in [0.1, 0.15) is 191 Å². The minimum Gasteiger partial charge on any atom is -0.491 e. The number of carbonyl (C=O) groups excluding carboxylic acids is 8. The Bertz CT molecular complexity index is 5630. The molecule has 8 bridgehead atoms. The molecule has 0 radical (unpaired) electrons. The molecule has 0 aliphatic heterocycles. The summed E-state index contributed by atoms with van der Waals surface area (Å²) in [5.41, 5.74) is -0.608. The number of esters is 4. The van der Waals surface area contributed by atoms with Crippen LogP contribution in [0.5, 0.6) is 23.0 Å². The number of hydrogen-bond acceptors (Lipinski definition) is 24. The molecule has 136 heavy (non-hydrogen) atoms. The predicted octanol–water partition coefficient (Wildman–Crippen LogP) is 15.7. The largest absolute Gasteiger partial charge is 0.491 e. The molecule has 32 heteroatoms. The second-order valence-corrected chi connectivity index (χ2v) is 31.0. The second-order valence-electron chi connectivity index (χ2n) is 31.0. The Labute approximate surface area is 778 Å². The van der Waals surface area contributed by atoms with Crippen LogP contribution in [0, 0.1) is 0 Å². The van der Waals surface area contributed by atoms with Crippen molar-refractivity contribution in [1.82, 2.24) is 0 Å². The maximum atomic E-state index is 15.8. The topological polar surface area (TPSA) is 445 Å². The van der Waals surface area contributed by atoms with Crippen LogP contribution in [0.3, 0.4) is 0 Å². The molecule has 0 saturated carbocycles. The normalized spacial score (nSPS) is 11.3. The van der Waals surface area contributed by atoms with E-state index in [1.54, 1.807) is 121 Å². The minimum atomic E-state index is -1.48. The highest BCUT2D eigenvalue weighted by molar-refractivity contribution is 6.10. The van der Waals surface area contributed by atoms with E-state index in [1.807, 2.05) is 0 Å². The molecule has 0 heterocycles. The van der Waals surface area contributed by atoms with Crippen LogP contribution < -0.4 is 40.2 Å². The standard InChI is InChI=1S/C104H92N4O28/c1-125-25-29-129-89-65-33-67-39-74(94(110)106-86-50-78(98(115)116)46-82(54-86)102(122)134-58-62-19-11-6-12-20-62)41-69(90(67)130-30-26-126-2)35-71-43-76(96(112)108-88-52-80(100(119)120)48-84(56-88)104(124)136-60-64-23-15-8-16-24-64)44-72(92(71)132-32-28-128-4)36-70-42-75(95(111)107-87-51-79(99(117)118)47-83(55-87)103(123)135-59-63-21-13-7-14-22-63)40-68(91(70)131-31-27-127-3)34-66(89)38-73(37-65)93(109)105-85-49-77(97(113)114)45-81(53-85)101(121)133-57-61-17-9-5-10-18-61/h5-24,37-56H,25-36,57-60H2,1-4H3,(H,105,109)(H,106,110)(H,107,111)(H,108,112)(H,113,114)(H,115,116)(H,117,118)(H,119,120). The molecule has 0 spiro atoms. The molecule has 12 aromatic rings. The summed E-state index contributed by atoms with van der Waals surface area (Å²) in [6.07, 6.45) is -1.63. The number of aromatic carboxylic acids is 4. The third-order valence-electron chi connectivity index (χ3n) is 21.2. The van der Waals surface area contributed by atoms with E-state index >= 15 is 19.2 Å². The van der Waals surface area contributed by atoms with Gasteiger partial charge in [0, 0.05) is 99.1 Å². The second kappa shape index (κ2) is 46.4. The van der Waals surface area contributed by atoms with E-state index in [0.717, 1.165) is 48.5 Å². The van der Waals surface area contributed by atoms with Crippen molar-refractivity contribution in [3.05, 3.63) is 376 Å². The van der Waals surface area contributed by atoms with E-state index in [2.05, 4.69) is 21.3 Å². The third-order valence-corrected chi connectivity index (χ3v) is 21.2. The number of carboxylic acids is 4. The first-order valence-electron chi connectivity index (χ1n) is 42.5. The molecular formula is C104H92N4O28. The van der Waals surface area contributed by atoms with Crippen molar-refractivity contribution in [2.75, 3.05) is 103 Å². The fourth-order valence-corrected chi connectivity index (χ4v) is 14.9. The van der Waals surface area contributed by atoms with Gasteiger partial charge in [-0.3, -0.25) is 19.2 Å². The van der Waals surface area contributed by atoms with E-state index in [-0.39, 0.29) is 214 Å². The van der Waals surface area contributed by atoms with Crippen molar-refractivity contribution >= 4 is 94.1 Å². The molecule has 696 valence electrons. The highest BCUT2D eigenvalue weighted by atomic mass is 16.6. The first-order chi connectivity index (χ1) is 65.8. The number of ether oxygens (including phenoxy) is 12. The number of anilines is 4. The van der Waals surface area contributed by atoms with Crippen LogP contribution in [0.2, 0.25) is 0 Å². The summed E-state index contributed by atoms with van der Waals surface area (Å²) in [4.78, 5) is 171. The van der Waals surface area contributed by atoms with E-state index in [0.29, 0.717) is 22.3 Å². The Hall–Kier alpha value is -16.7. The minimum absolute atomic E-state index is 0.0460. The van der Waals surface area contributed by atoms with Crippen LogP contribution in [-0.4, -0.2) is 173 Å². The molecule has 1 aliphatic rings. The zero-order chi connectivity index (χ0) is 96.3. The number of methoxy groups -OCH3 is 4. The number of hydrogen-bond donors (Lipinski definition) is 8. The highest BCUT2D eigenvalue weighted by Gasteiger charge is 2.31. The van der Waals surface area contributed by atoms with Gasteiger partial charge in [0.15, 0.2) is 0 Å². The fraction of sp³-hybridized carbons (Fsp3) is 0.192. The van der Waals surface area contributed by atoms with Gasteiger partial charge >= 0.3 is 47.8 Å². The van der Waals surface area contributed by atoms with Gasteiger partial charge in [-0.15, -0.1) is 0 Å². The lowest BCUT2D eigenvalue weighted by atomic mass is 9.88. The molecule has 12 aromatic carbocycles.